The molecule has 1 unspecified atom stereocenters. The summed E-state index contributed by atoms with van der Waals surface area (Å²) in [6.45, 7) is 6.79. The zero-order chi connectivity index (χ0) is 15.4. The van der Waals surface area contributed by atoms with Gasteiger partial charge in [-0.2, -0.15) is 0 Å². The summed E-state index contributed by atoms with van der Waals surface area (Å²) in [4.78, 5) is 9.29. The minimum Gasteiger partial charge on any atom is -0.497 e. The van der Waals surface area contributed by atoms with Crippen LogP contribution in [-0.2, 0) is 6.42 Å². The first-order chi connectivity index (χ1) is 10.0. The molecule has 0 radical (unpaired) electrons. The van der Waals surface area contributed by atoms with Crippen LogP contribution in [0.2, 0.25) is 0 Å². The van der Waals surface area contributed by atoms with E-state index >= 15 is 0 Å². The van der Waals surface area contributed by atoms with Crippen LogP contribution in [0.1, 0.15) is 41.2 Å². The second kappa shape index (κ2) is 6.68. The summed E-state index contributed by atoms with van der Waals surface area (Å²) >= 11 is 0. The van der Waals surface area contributed by atoms with E-state index in [0.717, 1.165) is 28.5 Å². The number of ether oxygens (including phenoxy) is 1. The van der Waals surface area contributed by atoms with Crippen LogP contribution in [0.15, 0.2) is 24.3 Å². The summed E-state index contributed by atoms with van der Waals surface area (Å²) in [7, 11) is 1.67. The molecule has 0 aliphatic carbocycles. The number of aromatic nitrogens is 2. The summed E-state index contributed by atoms with van der Waals surface area (Å²) in [5, 5.41) is 0. The summed E-state index contributed by atoms with van der Waals surface area (Å²) < 4.78 is 5.25. The minimum absolute atomic E-state index is 0.288. The molecular weight excluding hydrogens is 262 g/mol. The van der Waals surface area contributed by atoms with Gasteiger partial charge >= 0.3 is 0 Å². The average Bonchev–Trinajstić information content (AvgIpc) is 2.46. The van der Waals surface area contributed by atoms with Crippen molar-refractivity contribution in [2.45, 2.75) is 33.1 Å². The summed E-state index contributed by atoms with van der Waals surface area (Å²) in [6.07, 6.45) is 0.705. The Balaban J connectivity index is 2.29. The monoisotopic (exact) mass is 285 g/mol. The molecule has 0 fully saturated rings. The van der Waals surface area contributed by atoms with E-state index in [-0.39, 0.29) is 5.92 Å². The first-order valence-corrected chi connectivity index (χ1v) is 7.22. The highest BCUT2D eigenvalue weighted by Gasteiger charge is 2.14. The Morgan fingerprint density at radius 3 is 2.43 bits per heavy atom. The molecule has 0 bridgehead atoms. The number of hydrogen-bond acceptors (Lipinski definition) is 4. The lowest BCUT2D eigenvalue weighted by Gasteiger charge is -2.15. The van der Waals surface area contributed by atoms with Crippen LogP contribution in [0.4, 0.5) is 0 Å². The highest BCUT2D eigenvalue weighted by atomic mass is 16.5. The molecule has 112 valence electrons. The maximum atomic E-state index is 5.77. The lowest BCUT2D eigenvalue weighted by molar-refractivity contribution is 0.414. The van der Waals surface area contributed by atoms with Crippen molar-refractivity contribution in [2.24, 2.45) is 5.73 Å². The second-order valence-electron chi connectivity index (χ2n) is 5.39. The Labute approximate surface area is 126 Å². The Morgan fingerprint density at radius 2 is 1.86 bits per heavy atom. The van der Waals surface area contributed by atoms with Crippen molar-refractivity contribution >= 4 is 0 Å². The van der Waals surface area contributed by atoms with Crippen LogP contribution < -0.4 is 10.5 Å². The minimum atomic E-state index is 0.288. The van der Waals surface area contributed by atoms with Crippen molar-refractivity contribution < 1.29 is 4.74 Å². The maximum Gasteiger partial charge on any atom is 0.133 e. The number of aryl methyl sites for hydroxylation is 2. The van der Waals surface area contributed by atoms with E-state index in [0.29, 0.717) is 13.0 Å². The van der Waals surface area contributed by atoms with Crippen molar-refractivity contribution in [1.29, 1.82) is 0 Å². The number of rotatable bonds is 5. The topological polar surface area (TPSA) is 61.0 Å². The molecule has 2 N–H and O–H groups in total. The van der Waals surface area contributed by atoms with Crippen LogP contribution in [-0.4, -0.2) is 23.6 Å². The second-order valence-corrected chi connectivity index (χ2v) is 5.39. The first kappa shape index (κ1) is 15.4. The number of nitrogens with zero attached hydrogens (tertiary/aromatic N) is 2. The fourth-order valence-electron chi connectivity index (χ4n) is 2.67. The van der Waals surface area contributed by atoms with E-state index < -0.39 is 0 Å². The molecule has 21 heavy (non-hydrogen) atoms. The normalized spacial score (nSPS) is 12.2. The van der Waals surface area contributed by atoms with E-state index in [2.05, 4.69) is 23.0 Å². The van der Waals surface area contributed by atoms with E-state index in [9.17, 15) is 0 Å². The van der Waals surface area contributed by atoms with Crippen LogP contribution in [0.3, 0.4) is 0 Å². The predicted molar refractivity (Wildman–Crippen MR) is 84.8 cm³/mol. The van der Waals surface area contributed by atoms with Gasteiger partial charge in [0.2, 0.25) is 0 Å². The van der Waals surface area contributed by atoms with Gasteiger partial charge in [-0.1, -0.05) is 19.1 Å². The van der Waals surface area contributed by atoms with Crippen molar-refractivity contribution in [1.82, 2.24) is 9.97 Å². The smallest absolute Gasteiger partial charge is 0.133 e. The Bertz CT molecular complexity index is 602. The molecule has 0 aliphatic heterocycles. The van der Waals surface area contributed by atoms with Crippen LogP contribution >= 0.6 is 0 Å². The van der Waals surface area contributed by atoms with Gasteiger partial charge in [0.15, 0.2) is 0 Å². The predicted octanol–water partition coefficient (Wildman–Crippen LogP) is 2.76. The molecule has 0 aliphatic rings. The lowest BCUT2D eigenvalue weighted by atomic mass is 9.98. The van der Waals surface area contributed by atoms with Gasteiger partial charge in [-0.25, -0.2) is 9.97 Å². The van der Waals surface area contributed by atoms with Crippen molar-refractivity contribution in [3.63, 3.8) is 0 Å². The highest BCUT2D eigenvalue weighted by Crippen LogP contribution is 2.21. The fourth-order valence-corrected chi connectivity index (χ4v) is 2.67. The van der Waals surface area contributed by atoms with Gasteiger partial charge in [-0.05, 0) is 49.6 Å². The van der Waals surface area contributed by atoms with Gasteiger partial charge in [0.05, 0.1) is 7.11 Å². The largest absolute Gasteiger partial charge is 0.497 e. The van der Waals surface area contributed by atoms with Gasteiger partial charge in [-0.15, -0.1) is 0 Å². The van der Waals surface area contributed by atoms with E-state index in [1.807, 2.05) is 32.0 Å². The quantitative estimate of drug-likeness (QED) is 0.917. The van der Waals surface area contributed by atoms with Crippen LogP contribution in [0, 0.1) is 13.8 Å². The molecule has 1 heterocycles. The molecule has 0 saturated heterocycles. The SMILES string of the molecule is COc1cccc(Cc2nc(C)c(C(C)CN)c(C)n2)c1. The molecule has 1 aromatic carbocycles. The van der Waals surface area contributed by atoms with Gasteiger partial charge in [-0.3, -0.25) is 0 Å². The lowest BCUT2D eigenvalue weighted by Crippen LogP contribution is -2.15. The first-order valence-electron chi connectivity index (χ1n) is 7.22. The summed E-state index contributed by atoms with van der Waals surface area (Å²) in [5.41, 5.74) is 10.1. The Kier molecular flexibility index (Phi) is 4.91. The van der Waals surface area contributed by atoms with Gasteiger partial charge in [0.1, 0.15) is 11.6 Å². The summed E-state index contributed by atoms with van der Waals surface area (Å²) in [6, 6.07) is 8.00. The Morgan fingerprint density at radius 1 is 1.19 bits per heavy atom. The van der Waals surface area contributed by atoms with Crippen LogP contribution in [0.25, 0.3) is 0 Å². The standard InChI is InChI=1S/C17H23N3O/c1-11(10-18)17-12(2)19-16(20-13(17)3)9-14-6-5-7-15(8-14)21-4/h5-8,11H,9-10,18H2,1-4H3. The van der Waals surface area contributed by atoms with E-state index in [1.165, 1.54) is 5.56 Å². The van der Waals surface area contributed by atoms with E-state index in [1.54, 1.807) is 7.11 Å². The molecule has 1 atom stereocenters. The highest BCUT2D eigenvalue weighted by molar-refractivity contribution is 5.32. The third-order valence-corrected chi connectivity index (χ3v) is 3.72. The van der Waals surface area contributed by atoms with Crippen molar-refractivity contribution in [3.8, 4) is 5.75 Å². The summed E-state index contributed by atoms with van der Waals surface area (Å²) in [5.74, 6) is 1.98. The molecule has 2 aromatic rings. The number of methoxy groups -OCH3 is 1. The zero-order valence-electron chi connectivity index (χ0n) is 13.2. The van der Waals surface area contributed by atoms with Crippen LogP contribution in [0.5, 0.6) is 5.75 Å². The molecule has 0 spiro atoms. The number of nitrogens with two attached hydrogens (primary N) is 1. The van der Waals surface area contributed by atoms with Crippen molar-refractivity contribution in [2.75, 3.05) is 13.7 Å². The maximum absolute atomic E-state index is 5.77. The third kappa shape index (κ3) is 3.58. The van der Waals surface area contributed by atoms with Gasteiger partial charge in [0.25, 0.3) is 0 Å². The average molecular weight is 285 g/mol. The number of hydrogen-bond donors (Lipinski definition) is 1. The van der Waals surface area contributed by atoms with Gasteiger partial charge in [0, 0.05) is 17.8 Å². The van der Waals surface area contributed by atoms with Crippen molar-refractivity contribution in [3.05, 3.63) is 52.6 Å². The molecule has 0 amide bonds. The van der Waals surface area contributed by atoms with E-state index in [4.69, 9.17) is 10.5 Å². The van der Waals surface area contributed by atoms with Gasteiger partial charge < -0.3 is 10.5 Å². The fraction of sp³-hybridized carbons (Fsp3) is 0.412. The Hall–Kier alpha value is -1.94. The third-order valence-electron chi connectivity index (χ3n) is 3.72. The zero-order valence-corrected chi connectivity index (χ0v) is 13.2. The molecule has 0 saturated carbocycles. The molecule has 4 heteroatoms. The molecule has 4 nitrogen and oxygen atoms in total. The molecule has 1 aromatic heterocycles. The number of benzene rings is 1. The molecular formula is C17H23N3O. The molecule has 2 rings (SSSR count).